The summed E-state index contributed by atoms with van der Waals surface area (Å²) in [6, 6.07) is 0. The first kappa shape index (κ1) is 11.3. The fourth-order valence-corrected chi connectivity index (χ4v) is 2.15. The number of rotatable bonds is 6. The molecule has 1 aromatic rings. The molecule has 0 atom stereocenters. The van der Waals surface area contributed by atoms with Gasteiger partial charge in [0.15, 0.2) is 5.16 Å². The number of aromatic amines is 1. The quantitative estimate of drug-likeness (QED) is 0.712. The van der Waals surface area contributed by atoms with Gasteiger partial charge in [0.2, 0.25) is 0 Å². The molecule has 6 nitrogen and oxygen atoms in total. The minimum Gasteiger partial charge on any atom is -0.481 e. The standard InChI is InChI=1S/C9H13N3O3S/c13-7(14)5-16-9-11-10-8(15)12(9)4-3-6-1-2-6/h6H,1-5H2,(H,10,15)(H,13,14). The summed E-state index contributed by atoms with van der Waals surface area (Å²) in [4.78, 5) is 21.8. The van der Waals surface area contributed by atoms with Crippen LogP contribution in [0.15, 0.2) is 9.95 Å². The topological polar surface area (TPSA) is 88.0 Å². The highest BCUT2D eigenvalue weighted by atomic mass is 32.2. The lowest BCUT2D eigenvalue weighted by atomic mass is 10.3. The van der Waals surface area contributed by atoms with Crippen LogP contribution >= 0.6 is 11.8 Å². The van der Waals surface area contributed by atoms with E-state index in [2.05, 4.69) is 10.2 Å². The molecule has 1 aliphatic carbocycles. The number of nitrogens with one attached hydrogen (secondary N) is 1. The number of aliphatic carboxylic acids is 1. The molecule has 0 saturated heterocycles. The third-order valence-electron chi connectivity index (χ3n) is 2.51. The molecule has 0 unspecified atom stereocenters. The molecule has 0 bridgehead atoms. The Bertz CT molecular complexity index is 435. The zero-order valence-electron chi connectivity index (χ0n) is 8.68. The summed E-state index contributed by atoms with van der Waals surface area (Å²) >= 11 is 1.07. The molecular weight excluding hydrogens is 230 g/mol. The maximum Gasteiger partial charge on any atom is 0.343 e. The Kier molecular flexibility index (Phi) is 3.33. The molecule has 1 aromatic heterocycles. The smallest absolute Gasteiger partial charge is 0.343 e. The first-order valence-electron chi connectivity index (χ1n) is 5.16. The van der Waals surface area contributed by atoms with E-state index in [1.54, 1.807) is 0 Å². The first-order chi connectivity index (χ1) is 7.66. The van der Waals surface area contributed by atoms with Crippen molar-refractivity contribution >= 4 is 17.7 Å². The highest BCUT2D eigenvalue weighted by Gasteiger charge is 2.22. The Morgan fingerprint density at radius 2 is 2.38 bits per heavy atom. The van der Waals surface area contributed by atoms with Gasteiger partial charge in [-0.25, -0.2) is 9.89 Å². The van der Waals surface area contributed by atoms with Gasteiger partial charge < -0.3 is 5.11 Å². The second-order valence-corrected chi connectivity index (χ2v) is 4.82. The van der Waals surface area contributed by atoms with Crippen LogP contribution in [0, 0.1) is 5.92 Å². The second kappa shape index (κ2) is 4.73. The van der Waals surface area contributed by atoms with Crippen LogP contribution in [0.3, 0.4) is 0 Å². The summed E-state index contributed by atoms with van der Waals surface area (Å²) in [5.41, 5.74) is -0.256. The molecular formula is C9H13N3O3S. The van der Waals surface area contributed by atoms with Crippen LogP contribution < -0.4 is 5.69 Å². The van der Waals surface area contributed by atoms with Crippen LogP contribution in [0.2, 0.25) is 0 Å². The molecule has 1 aliphatic rings. The van der Waals surface area contributed by atoms with Gasteiger partial charge in [-0.15, -0.1) is 5.10 Å². The van der Waals surface area contributed by atoms with E-state index in [-0.39, 0.29) is 11.4 Å². The molecule has 7 heteroatoms. The highest BCUT2D eigenvalue weighted by Crippen LogP contribution is 2.32. The molecule has 0 amide bonds. The van der Waals surface area contributed by atoms with Crippen molar-refractivity contribution in [1.29, 1.82) is 0 Å². The van der Waals surface area contributed by atoms with E-state index in [0.29, 0.717) is 11.7 Å². The van der Waals surface area contributed by atoms with Gasteiger partial charge in [0.1, 0.15) is 0 Å². The van der Waals surface area contributed by atoms with E-state index in [1.165, 1.54) is 17.4 Å². The van der Waals surface area contributed by atoms with E-state index < -0.39 is 5.97 Å². The van der Waals surface area contributed by atoms with Crippen molar-refractivity contribution in [2.24, 2.45) is 5.92 Å². The van der Waals surface area contributed by atoms with Crippen molar-refractivity contribution in [2.45, 2.75) is 31.0 Å². The van der Waals surface area contributed by atoms with Crippen molar-refractivity contribution in [3.63, 3.8) is 0 Å². The number of thioether (sulfide) groups is 1. The largest absolute Gasteiger partial charge is 0.481 e. The van der Waals surface area contributed by atoms with Crippen LogP contribution in [0.5, 0.6) is 0 Å². The summed E-state index contributed by atoms with van der Waals surface area (Å²) in [5.74, 6) is -0.249. The average Bonchev–Trinajstić information content (AvgIpc) is 2.99. The number of hydrogen-bond acceptors (Lipinski definition) is 4. The van der Waals surface area contributed by atoms with Gasteiger partial charge in [-0.1, -0.05) is 24.6 Å². The van der Waals surface area contributed by atoms with Crippen LogP contribution in [-0.4, -0.2) is 31.6 Å². The maximum absolute atomic E-state index is 11.4. The van der Waals surface area contributed by atoms with Crippen molar-refractivity contribution < 1.29 is 9.90 Å². The second-order valence-electron chi connectivity index (χ2n) is 3.88. The number of hydrogen-bond donors (Lipinski definition) is 2. The predicted molar refractivity (Wildman–Crippen MR) is 58.5 cm³/mol. The van der Waals surface area contributed by atoms with E-state index in [1.807, 2.05) is 0 Å². The number of carboxylic acid groups (broad SMARTS) is 1. The van der Waals surface area contributed by atoms with Crippen LogP contribution in [0.4, 0.5) is 0 Å². The minimum atomic E-state index is -0.908. The summed E-state index contributed by atoms with van der Waals surface area (Å²) in [5, 5.41) is 15.2. The van der Waals surface area contributed by atoms with Gasteiger partial charge in [0.25, 0.3) is 0 Å². The average molecular weight is 243 g/mol. The number of carbonyl (C=O) groups is 1. The Morgan fingerprint density at radius 3 is 3.00 bits per heavy atom. The van der Waals surface area contributed by atoms with Crippen LogP contribution in [-0.2, 0) is 11.3 Å². The SMILES string of the molecule is O=C(O)CSc1n[nH]c(=O)n1CCC1CC1. The summed E-state index contributed by atoms with van der Waals surface area (Å²) in [6.45, 7) is 0.627. The lowest BCUT2D eigenvalue weighted by Crippen LogP contribution is -2.18. The molecule has 2 N–H and O–H groups in total. The highest BCUT2D eigenvalue weighted by molar-refractivity contribution is 7.99. The molecule has 1 heterocycles. The van der Waals surface area contributed by atoms with E-state index in [4.69, 9.17) is 5.11 Å². The number of H-pyrrole nitrogens is 1. The predicted octanol–water partition coefficient (Wildman–Crippen LogP) is 0.548. The van der Waals surface area contributed by atoms with Crippen molar-refractivity contribution in [1.82, 2.24) is 14.8 Å². The lowest BCUT2D eigenvalue weighted by molar-refractivity contribution is -0.133. The fourth-order valence-electron chi connectivity index (χ4n) is 1.46. The first-order valence-corrected chi connectivity index (χ1v) is 6.15. The monoisotopic (exact) mass is 243 g/mol. The van der Waals surface area contributed by atoms with Gasteiger partial charge in [-0.3, -0.25) is 9.36 Å². The number of aromatic nitrogens is 3. The molecule has 0 spiro atoms. The van der Waals surface area contributed by atoms with Gasteiger partial charge in [0.05, 0.1) is 5.75 Å². The van der Waals surface area contributed by atoms with E-state index in [0.717, 1.165) is 24.1 Å². The van der Waals surface area contributed by atoms with E-state index >= 15 is 0 Å². The third-order valence-corrected chi connectivity index (χ3v) is 3.47. The van der Waals surface area contributed by atoms with Crippen molar-refractivity contribution in [3.8, 4) is 0 Å². The minimum absolute atomic E-state index is 0.0757. The van der Waals surface area contributed by atoms with E-state index in [9.17, 15) is 9.59 Å². The van der Waals surface area contributed by atoms with Crippen molar-refractivity contribution in [3.05, 3.63) is 10.5 Å². The normalized spacial score (nSPS) is 15.2. The third kappa shape index (κ3) is 2.88. The zero-order valence-corrected chi connectivity index (χ0v) is 9.50. The van der Waals surface area contributed by atoms with Crippen LogP contribution in [0.25, 0.3) is 0 Å². The summed E-state index contributed by atoms with van der Waals surface area (Å²) in [7, 11) is 0. The summed E-state index contributed by atoms with van der Waals surface area (Å²) in [6.07, 6.45) is 3.45. The fraction of sp³-hybridized carbons (Fsp3) is 0.667. The van der Waals surface area contributed by atoms with Gasteiger partial charge in [0, 0.05) is 6.54 Å². The van der Waals surface area contributed by atoms with Crippen molar-refractivity contribution in [2.75, 3.05) is 5.75 Å². The molecule has 1 saturated carbocycles. The Labute approximate surface area is 96.0 Å². The molecule has 0 aromatic carbocycles. The van der Waals surface area contributed by atoms with Gasteiger partial charge in [-0.2, -0.15) is 0 Å². The molecule has 0 aliphatic heterocycles. The molecule has 1 fully saturated rings. The molecule has 2 rings (SSSR count). The van der Waals surface area contributed by atoms with Crippen LogP contribution in [0.1, 0.15) is 19.3 Å². The van der Waals surface area contributed by atoms with Gasteiger partial charge in [-0.05, 0) is 12.3 Å². The Hall–Kier alpha value is -1.24. The number of carboxylic acids is 1. The zero-order chi connectivity index (χ0) is 11.5. The molecule has 0 radical (unpaired) electrons. The Balaban J connectivity index is 1.99. The van der Waals surface area contributed by atoms with Gasteiger partial charge >= 0.3 is 11.7 Å². The molecule has 88 valence electrons. The number of nitrogens with zero attached hydrogens (tertiary/aromatic N) is 2. The summed E-state index contributed by atoms with van der Waals surface area (Å²) < 4.78 is 1.52. The molecule has 16 heavy (non-hydrogen) atoms. The lowest BCUT2D eigenvalue weighted by Gasteiger charge is -2.02. The Morgan fingerprint density at radius 1 is 1.62 bits per heavy atom. The maximum atomic E-state index is 11.4.